The molecule has 6 nitrogen and oxygen atoms in total. The van der Waals surface area contributed by atoms with Gasteiger partial charge in [0.1, 0.15) is 0 Å². The lowest BCUT2D eigenvalue weighted by atomic mass is 9.72. The number of hydrogen-bond acceptors (Lipinski definition) is 5. The highest BCUT2D eigenvalue weighted by atomic mass is 16.5. The van der Waals surface area contributed by atoms with Gasteiger partial charge in [0, 0.05) is 44.7 Å². The normalized spacial score (nSPS) is 26.1. The minimum Gasteiger partial charge on any atom is -0.391 e. The van der Waals surface area contributed by atoms with E-state index in [0.717, 1.165) is 42.4 Å². The summed E-state index contributed by atoms with van der Waals surface area (Å²) >= 11 is 0. The quantitative estimate of drug-likeness (QED) is 0.458. The third kappa shape index (κ3) is 5.83. The molecule has 2 aromatic carbocycles. The summed E-state index contributed by atoms with van der Waals surface area (Å²) in [5.74, 6) is -0.243. The van der Waals surface area contributed by atoms with Crippen LogP contribution in [0, 0.1) is 18.8 Å². The molecule has 1 aliphatic heterocycles. The highest BCUT2D eigenvalue weighted by Crippen LogP contribution is 2.44. The number of nitrogens with zero attached hydrogens (tertiary/aromatic N) is 1. The molecule has 0 radical (unpaired) electrons. The van der Waals surface area contributed by atoms with Crippen molar-refractivity contribution in [1.82, 2.24) is 4.90 Å². The molecule has 1 saturated heterocycles. The number of methoxy groups -OCH3 is 1. The molecule has 6 heteroatoms. The van der Waals surface area contributed by atoms with Gasteiger partial charge in [0.25, 0.3) is 0 Å². The third-order valence-electron chi connectivity index (χ3n) is 8.25. The largest absolute Gasteiger partial charge is 0.391 e. The van der Waals surface area contributed by atoms with E-state index in [1.807, 2.05) is 17.0 Å². The Morgan fingerprint density at radius 2 is 1.89 bits per heavy atom. The molecule has 0 aromatic heterocycles. The molecule has 1 saturated carbocycles. The number of carbonyl (C=O) groups excluding carboxylic acids is 1. The summed E-state index contributed by atoms with van der Waals surface area (Å²) < 4.78 is 5.27. The number of aliphatic hydroxyl groups excluding tert-OH is 1. The van der Waals surface area contributed by atoms with Crippen molar-refractivity contribution >= 4 is 5.91 Å². The summed E-state index contributed by atoms with van der Waals surface area (Å²) in [7, 11) is 1.70. The van der Waals surface area contributed by atoms with Crippen LogP contribution in [0.5, 0.6) is 0 Å². The van der Waals surface area contributed by atoms with Crippen LogP contribution in [0.2, 0.25) is 0 Å². The minimum absolute atomic E-state index is 0.0697. The summed E-state index contributed by atoms with van der Waals surface area (Å²) in [5.41, 5.74) is 9.19. The lowest BCUT2D eigenvalue weighted by Crippen LogP contribution is -2.49. The SMILES string of the molecule is COCCCC[C@@](O)(c1ccccc1-c1ccc(C)cc1)C1CCCN(C(=O)[C@H]2C[C@@H](N)[C@@H](O)C2)C1. The maximum atomic E-state index is 13.4. The molecule has 36 heavy (non-hydrogen) atoms. The summed E-state index contributed by atoms with van der Waals surface area (Å²) in [5, 5.41) is 22.6. The fourth-order valence-electron chi connectivity index (χ4n) is 6.12. The van der Waals surface area contributed by atoms with Crippen molar-refractivity contribution in [3.63, 3.8) is 0 Å². The first kappa shape index (κ1) is 26.8. The number of nitrogens with two attached hydrogens (primary N) is 1. The predicted molar refractivity (Wildman–Crippen MR) is 142 cm³/mol. The van der Waals surface area contributed by atoms with Crippen LogP contribution in [0.4, 0.5) is 0 Å². The van der Waals surface area contributed by atoms with Crippen LogP contribution in [0.15, 0.2) is 48.5 Å². The molecule has 2 aromatic rings. The monoisotopic (exact) mass is 494 g/mol. The lowest BCUT2D eigenvalue weighted by molar-refractivity contribution is -0.141. The number of piperidine rings is 1. The number of unbranched alkanes of at least 4 members (excludes halogenated alkanes) is 1. The Labute approximate surface area is 215 Å². The topological polar surface area (TPSA) is 96.0 Å². The Morgan fingerprint density at radius 3 is 2.58 bits per heavy atom. The van der Waals surface area contributed by atoms with Crippen molar-refractivity contribution in [1.29, 1.82) is 0 Å². The van der Waals surface area contributed by atoms with E-state index in [-0.39, 0.29) is 23.8 Å². The number of aliphatic hydroxyl groups is 2. The van der Waals surface area contributed by atoms with Gasteiger partial charge in [-0.2, -0.15) is 0 Å². The number of rotatable bonds is 9. The van der Waals surface area contributed by atoms with Crippen LogP contribution < -0.4 is 5.73 Å². The Morgan fingerprint density at radius 1 is 1.14 bits per heavy atom. The molecule has 4 N–H and O–H groups in total. The summed E-state index contributed by atoms with van der Waals surface area (Å²) in [4.78, 5) is 15.3. The molecule has 1 amide bonds. The first-order valence-corrected chi connectivity index (χ1v) is 13.4. The molecule has 1 unspecified atom stereocenters. The van der Waals surface area contributed by atoms with Gasteiger partial charge in [0.05, 0.1) is 11.7 Å². The molecule has 1 aliphatic carbocycles. The van der Waals surface area contributed by atoms with Crippen molar-refractivity contribution in [2.75, 3.05) is 26.8 Å². The Bertz CT molecular complexity index is 1000. The van der Waals surface area contributed by atoms with Gasteiger partial charge in [-0.1, -0.05) is 54.1 Å². The van der Waals surface area contributed by atoms with Crippen LogP contribution in [0.1, 0.15) is 56.1 Å². The lowest BCUT2D eigenvalue weighted by Gasteiger charge is -2.44. The molecule has 4 rings (SSSR count). The van der Waals surface area contributed by atoms with Crippen LogP contribution >= 0.6 is 0 Å². The molecule has 5 atom stereocenters. The molecular formula is C30H42N2O4. The molecule has 1 heterocycles. The van der Waals surface area contributed by atoms with Gasteiger partial charge in [-0.05, 0) is 68.6 Å². The Balaban J connectivity index is 1.63. The highest BCUT2D eigenvalue weighted by Gasteiger charge is 2.44. The molecular weight excluding hydrogens is 452 g/mol. The van der Waals surface area contributed by atoms with E-state index in [2.05, 4.69) is 43.3 Å². The van der Waals surface area contributed by atoms with Crippen molar-refractivity contribution in [2.24, 2.45) is 17.6 Å². The van der Waals surface area contributed by atoms with Crippen LogP contribution in [-0.4, -0.2) is 60.0 Å². The van der Waals surface area contributed by atoms with E-state index in [1.165, 1.54) is 5.56 Å². The zero-order valence-electron chi connectivity index (χ0n) is 21.7. The van der Waals surface area contributed by atoms with Gasteiger partial charge in [0.2, 0.25) is 5.91 Å². The number of likely N-dealkylation sites (tertiary alicyclic amines) is 1. The number of aryl methyl sites for hydroxylation is 1. The van der Waals surface area contributed by atoms with Gasteiger partial charge < -0.3 is 25.6 Å². The highest BCUT2D eigenvalue weighted by molar-refractivity contribution is 5.79. The van der Waals surface area contributed by atoms with Gasteiger partial charge in [-0.25, -0.2) is 0 Å². The number of amides is 1. The van der Waals surface area contributed by atoms with Crippen LogP contribution in [-0.2, 0) is 15.1 Å². The summed E-state index contributed by atoms with van der Waals surface area (Å²) in [6.07, 6.45) is 4.37. The second-order valence-corrected chi connectivity index (χ2v) is 10.8. The first-order valence-electron chi connectivity index (χ1n) is 13.4. The molecule has 0 spiro atoms. The van der Waals surface area contributed by atoms with Gasteiger partial charge in [-0.3, -0.25) is 4.79 Å². The van der Waals surface area contributed by atoms with Gasteiger partial charge in [0.15, 0.2) is 0 Å². The minimum atomic E-state index is -1.07. The molecule has 196 valence electrons. The van der Waals surface area contributed by atoms with E-state index in [4.69, 9.17) is 10.5 Å². The zero-order chi connectivity index (χ0) is 25.7. The van der Waals surface area contributed by atoms with Crippen LogP contribution in [0.25, 0.3) is 11.1 Å². The fraction of sp³-hybridized carbons (Fsp3) is 0.567. The van der Waals surface area contributed by atoms with Gasteiger partial charge >= 0.3 is 0 Å². The second-order valence-electron chi connectivity index (χ2n) is 10.8. The third-order valence-corrected chi connectivity index (χ3v) is 8.25. The second kappa shape index (κ2) is 11.9. The molecule has 2 aliphatic rings. The summed E-state index contributed by atoms with van der Waals surface area (Å²) in [6, 6.07) is 16.3. The van der Waals surface area contributed by atoms with Crippen molar-refractivity contribution < 1.29 is 19.7 Å². The van der Waals surface area contributed by atoms with Crippen molar-refractivity contribution in [3.8, 4) is 11.1 Å². The Kier molecular flexibility index (Phi) is 8.83. The fourth-order valence-corrected chi connectivity index (χ4v) is 6.12. The zero-order valence-corrected chi connectivity index (χ0v) is 21.7. The average molecular weight is 495 g/mol. The van der Waals surface area contributed by atoms with E-state index in [1.54, 1.807) is 7.11 Å². The van der Waals surface area contributed by atoms with E-state index >= 15 is 0 Å². The Hall–Kier alpha value is -2.25. The number of carbonyl (C=O) groups is 1. The number of hydrogen-bond donors (Lipinski definition) is 3. The van der Waals surface area contributed by atoms with E-state index in [9.17, 15) is 15.0 Å². The first-order chi connectivity index (χ1) is 17.3. The average Bonchev–Trinajstić information content (AvgIpc) is 3.24. The number of ether oxygens (including phenoxy) is 1. The summed E-state index contributed by atoms with van der Waals surface area (Å²) in [6.45, 7) is 3.95. The van der Waals surface area contributed by atoms with Crippen molar-refractivity contribution in [2.45, 2.75) is 69.6 Å². The number of benzene rings is 2. The predicted octanol–water partition coefficient (Wildman–Crippen LogP) is 4.00. The molecule has 0 bridgehead atoms. The van der Waals surface area contributed by atoms with E-state index in [0.29, 0.717) is 39.0 Å². The smallest absolute Gasteiger partial charge is 0.225 e. The van der Waals surface area contributed by atoms with Crippen molar-refractivity contribution in [3.05, 3.63) is 59.7 Å². The maximum absolute atomic E-state index is 13.4. The maximum Gasteiger partial charge on any atom is 0.225 e. The van der Waals surface area contributed by atoms with Gasteiger partial charge in [-0.15, -0.1) is 0 Å². The standard InChI is InChI=1S/C30H42N2O4/c1-21-11-13-22(14-12-21)25-9-3-4-10-26(25)30(35,15-5-6-17-36-2)24-8-7-16-32(20-24)29(34)23-18-27(31)28(33)19-23/h3-4,9-14,23-24,27-28,33,35H,5-8,15-20,31H2,1-2H3/t23-,24?,27+,28-,30-/m0/s1. The van der Waals surface area contributed by atoms with E-state index < -0.39 is 11.7 Å². The molecule has 2 fully saturated rings. The van der Waals surface area contributed by atoms with Crippen LogP contribution in [0.3, 0.4) is 0 Å².